The Morgan fingerprint density at radius 2 is 2.33 bits per heavy atom. The van der Waals surface area contributed by atoms with Crippen molar-refractivity contribution in [3.8, 4) is 5.75 Å². The molecule has 2 N–H and O–H groups in total. The summed E-state index contributed by atoms with van der Waals surface area (Å²) in [4.78, 5) is 26.2. The van der Waals surface area contributed by atoms with E-state index in [4.69, 9.17) is 4.74 Å². The van der Waals surface area contributed by atoms with E-state index < -0.39 is 0 Å². The third kappa shape index (κ3) is 3.34. The van der Waals surface area contributed by atoms with Crippen molar-refractivity contribution < 1.29 is 9.53 Å². The van der Waals surface area contributed by atoms with Gasteiger partial charge in [0.05, 0.1) is 25.4 Å². The largest absolute Gasteiger partial charge is 0.495 e. The second kappa shape index (κ2) is 7.33. The predicted octanol–water partition coefficient (Wildman–Crippen LogP) is 2.81. The third-order valence-corrected chi connectivity index (χ3v) is 4.44. The lowest BCUT2D eigenvalue weighted by molar-refractivity contribution is 0.145. The van der Waals surface area contributed by atoms with Crippen LogP contribution in [-0.4, -0.2) is 39.5 Å². The first-order valence-electron chi connectivity index (χ1n) is 8.25. The first-order chi connectivity index (χ1) is 11.7. The topological polar surface area (TPSA) is 83.1 Å². The van der Waals surface area contributed by atoms with Crippen LogP contribution in [0.5, 0.6) is 5.75 Å². The zero-order valence-electron chi connectivity index (χ0n) is 14.0. The first-order valence-corrected chi connectivity index (χ1v) is 8.25. The molecule has 2 atom stereocenters. The third-order valence-electron chi connectivity index (χ3n) is 4.44. The van der Waals surface area contributed by atoms with Crippen LogP contribution >= 0.6 is 0 Å². The molecule has 7 heteroatoms. The summed E-state index contributed by atoms with van der Waals surface area (Å²) in [6, 6.07) is 1.61. The van der Waals surface area contributed by atoms with Crippen molar-refractivity contribution >= 4 is 6.03 Å². The number of carbonyl (C=O) groups excluding carboxylic acids is 1. The normalized spacial score (nSPS) is 18.9. The molecule has 2 aromatic heterocycles. The van der Waals surface area contributed by atoms with Gasteiger partial charge >= 0.3 is 6.03 Å². The van der Waals surface area contributed by atoms with E-state index in [1.54, 1.807) is 31.9 Å². The van der Waals surface area contributed by atoms with Crippen molar-refractivity contribution in [3.05, 3.63) is 42.2 Å². The van der Waals surface area contributed by atoms with Crippen molar-refractivity contribution in [3.63, 3.8) is 0 Å². The number of nitrogens with one attached hydrogen (secondary N) is 2. The number of piperidine rings is 1. The van der Waals surface area contributed by atoms with E-state index in [9.17, 15) is 4.79 Å². The molecule has 0 aromatic carbocycles. The van der Waals surface area contributed by atoms with Gasteiger partial charge in [-0.3, -0.25) is 4.98 Å². The molecule has 7 nitrogen and oxygen atoms in total. The maximum absolute atomic E-state index is 12.8. The number of rotatable bonds is 4. The predicted molar refractivity (Wildman–Crippen MR) is 89.6 cm³/mol. The molecule has 3 heterocycles. The van der Waals surface area contributed by atoms with E-state index >= 15 is 0 Å². The van der Waals surface area contributed by atoms with Gasteiger partial charge < -0.3 is 19.9 Å². The highest BCUT2D eigenvalue weighted by Gasteiger charge is 2.30. The average molecular weight is 329 g/mol. The van der Waals surface area contributed by atoms with E-state index in [0.29, 0.717) is 5.75 Å². The summed E-state index contributed by atoms with van der Waals surface area (Å²) in [7, 11) is 1.60. The van der Waals surface area contributed by atoms with Crippen LogP contribution in [0.4, 0.5) is 4.79 Å². The molecular weight excluding hydrogens is 306 g/mol. The minimum Gasteiger partial charge on any atom is -0.495 e. The molecule has 1 aliphatic heterocycles. The number of ether oxygens (including phenoxy) is 1. The summed E-state index contributed by atoms with van der Waals surface area (Å²) in [6.07, 6.45) is 9.92. The molecule has 0 unspecified atom stereocenters. The van der Waals surface area contributed by atoms with Gasteiger partial charge in [-0.1, -0.05) is 0 Å². The van der Waals surface area contributed by atoms with Gasteiger partial charge in [-0.2, -0.15) is 0 Å². The smallest absolute Gasteiger partial charge is 0.318 e. The molecule has 2 aromatic rings. The van der Waals surface area contributed by atoms with Gasteiger partial charge in [0.15, 0.2) is 0 Å². The number of pyridine rings is 1. The van der Waals surface area contributed by atoms with Crippen LogP contribution in [0.2, 0.25) is 0 Å². The van der Waals surface area contributed by atoms with E-state index in [-0.39, 0.29) is 18.1 Å². The highest BCUT2D eigenvalue weighted by atomic mass is 16.5. The molecule has 0 aliphatic carbocycles. The van der Waals surface area contributed by atoms with Gasteiger partial charge in [0.2, 0.25) is 0 Å². The lowest BCUT2D eigenvalue weighted by Crippen LogP contribution is -2.45. The molecule has 0 spiro atoms. The molecular formula is C17H23N5O2. The van der Waals surface area contributed by atoms with E-state index in [1.165, 1.54) is 0 Å². The number of hydrogen-bond acceptors (Lipinski definition) is 4. The van der Waals surface area contributed by atoms with Gasteiger partial charge in [0, 0.05) is 30.7 Å². The lowest BCUT2D eigenvalue weighted by atomic mass is 10.0. The van der Waals surface area contributed by atoms with E-state index in [1.807, 2.05) is 17.9 Å². The molecule has 0 bridgehead atoms. The summed E-state index contributed by atoms with van der Waals surface area (Å²) in [6.45, 7) is 2.68. The van der Waals surface area contributed by atoms with Crippen LogP contribution in [0.1, 0.15) is 49.7 Å². The number of likely N-dealkylation sites (tertiary alicyclic amines) is 1. The molecule has 3 rings (SSSR count). The number of carbonyl (C=O) groups is 1. The highest BCUT2D eigenvalue weighted by molar-refractivity contribution is 5.75. The standard InChI is InChI=1S/C17H23N5O2/c1-12(13-6-7-18-11-15(13)24-2)21-17(23)22-10-4-3-5-14(22)16-19-8-9-20-16/h6-9,11-12,14H,3-5,10H2,1-2H3,(H,19,20)(H,21,23)/t12-,14-/m1/s1. The number of aromatic amines is 1. The molecule has 24 heavy (non-hydrogen) atoms. The Morgan fingerprint density at radius 3 is 3.08 bits per heavy atom. The van der Waals surface area contributed by atoms with Crippen LogP contribution < -0.4 is 10.1 Å². The van der Waals surface area contributed by atoms with Crippen LogP contribution in [0.15, 0.2) is 30.9 Å². The highest BCUT2D eigenvalue weighted by Crippen LogP contribution is 2.30. The van der Waals surface area contributed by atoms with Gasteiger partial charge in [-0.25, -0.2) is 9.78 Å². The lowest BCUT2D eigenvalue weighted by Gasteiger charge is -2.35. The number of aromatic nitrogens is 3. The average Bonchev–Trinajstić information content (AvgIpc) is 3.16. The van der Waals surface area contributed by atoms with Crippen molar-refractivity contribution in [1.29, 1.82) is 0 Å². The summed E-state index contributed by atoms with van der Waals surface area (Å²) < 4.78 is 5.33. The Morgan fingerprint density at radius 1 is 1.46 bits per heavy atom. The second-order valence-electron chi connectivity index (χ2n) is 5.97. The number of H-pyrrole nitrogens is 1. The van der Waals surface area contributed by atoms with E-state index in [0.717, 1.165) is 37.2 Å². The number of hydrogen-bond donors (Lipinski definition) is 2. The number of amides is 2. The number of nitrogens with zero attached hydrogens (tertiary/aromatic N) is 3. The van der Waals surface area contributed by atoms with E-state index in [2.05, 4.69) is 20.3 Å². The van der Waals surface area contributed by atoms with Crippen molar-refractivity contribution in [2.45, 2.75) is 38.3 Å². The summed E-state index contributed by atoms with van der Waals surface area (Å²) in [5.74, 6) is 1.52. The Hall–Kier alpha value is -2.57. The minimum absolute atomic E-state index is 0.000264. The first kappa shape index (κ1) is 16.3. The molecule has 1 saturated heterocycles. The van der Waals surface area contributed by atoms with Crippen LogP contribution in [-0.2, 0) is 0 Å². The SMILES string of the molecule is COc1cnccc1[C@@H](C)NC(=O)N1CCCC[C@@H]1c1ncc[nH]1. The Kier molecular flexibility index (Phi) is 4.98. The van der Waals surface area contributed by atoms with Crippen molar-refractivity contribution in [1.82, 2.24) is 25.2 Å². The maximum atomic E-state index is 12.8. The minimum atomic E-state index is -0.172. The molecule has 1 fully saturated rings. The fourth-order valence-electron chi connectivity index (χ4n) is 3.18. The fraction of sp³-hybridized carbons (Fsp3) is 0.471. The van der Waals surface area contributed by atoms with Gasteiger partial charge in [-0.05, 0) is 32.3 Å². The van der Waals surface area contributed by atoms with Crippen LogP contribution in [0.3, 0.4) is 0 Å². The number of imidazole rings is 1. The Balaban J connectivity index is 1.73. The van der Waals surface area contributed by atoms with Crippen LogP contribution in [0, 0.1) is 0 Å². The number of methoxy groups -OCH3 is 1. The summed E-state index contributed by atoms with van der Waals surface area (Å²) in [5.41, 5.74) is 0.910. The monoisotopic (exact) mass is 329 g/mol. The zero-order valence-corrected chi connectivity index (χ0v) is 14.0. The molecule has 2 amide bonds. The van der Waals surface area contributed by atoms with Gasteiger partial charge in [0.25, 0.3) is 0 Å². The van der Waals surface area contributed by atoms with Crippen LogP contribution in [0.25, 0.3) is 0 Å². The second-order valence-corrected chi connectivity index (χ2v) is 5.97. The molecule has 0 radical (unpaired) electrons. The summed E-state index contributed by atoms with van der Waals surface area (Å²) >= 11 is 0. The Bertz CT molecular complexity index is 673. The number of urea groups is 1. The van der Waals surface area contributed by atoms with Crippen molar-refractivity contribution in [2.75, 3.05) is 13.7 Å². The quantitative estimate of drug-likeness (QED) is 0.903. The molecule has 0 saturated carbocycles. The molecule has 128 valence electrons. The maximum Gasteiger partial charge on any atom is 0.318 e. The van der Waals surface area contributed by atoms with Gasteiger partial charge in [-0.15, -0.1) is 0 Å². The summed E-state index contributed by atoms with van der Waals surface area (Å²) in [5, 5.41) is 3.07. The molecule has 1 aliphatic rings. The fourth-order valence-corrected chi connectivity index (χ4v) is 3.18. The van der Waals surface area contributed by atoms with Crippen molar-refractivity contribution in [2.24, 2.45) is 0 Å². The van der Waals surface area contributed by atoms with Gasteiger partial charge in [0.1, 0.15) is 11.6 Å². The Labute approximate surface area is 141 Å². The zero-order chi connectivity index (χ0) is 16.9.